The van der Waals surface area contributed by atoms with Crippen LogP contribution in [0.25, 0.3) is 5.76 Å². The molecule has 0 aromatic heterocycles. The molecule has 1 unspecified atom stereocenters. The molecule has 1 aliphatic carbocycles. The number of hydrogen-bond acceptors (Lipinski definition) is 5. The minimum atomic E-state index is -0.855. The minimum Gasteiger partial charge on any atom is -0.506 e. The van der Waals surface area contributed by atoms with Gasteiger partial charge >= 0.3 is 5.97 Å². The highest BCUT2D eigenvalue weighted by atomic mass is 35.5. The number of Topliss-reactive ketones (excluding diaryl/α,β-unsaturated/α-hetero) is 1. The van der Waals surface area contributed by atoms with Gasteiger partial charge in [0.15, 0.2) is 5.78 Å². The van der Waals surface area contributed by atoms with E-state index in [1.54, 1.807) is 40.7 Å². The standard InChI is InChI=1S/C19H21Cl2NO5/c1-8-6-10(20)15(21)13-9(2)16(24)14(17(25)12(8)13)18(26)22-7-11(23)27-19(3,4)5/h6,9,25H,7H2,1-5H3,(H,22,26). The smallest absolute Gasteiger partial charge is 0.325 e. The summed E-state index contributed by atoms with van der Waals surface area (Å²) in [5.74, 6) is -3.37. The fourth-order valence-electron chi connectivity index (χ4n) is 2.92. The molecule has 1 aliphatic rings. The lowest BCUT2D eigenvalue weighted by Gasteiger charge is -2.26. The number of benzene rings is 1. The summed E-state index contributed by atoms with van der Waals surface area (Å²) < 4.78 is 5.11. The molecular weight excluding hydrogens is 393 g/mol. The molecular formula is C19H21Cl2NO5. The Labute approximate surface area is 167 Å². The predicted octanol–water partition coefficient (Wildman–Crippen LogP) is 3.72. The van der Waals surface area contributed by atoms with E-state index in [1.165, 1.54) is 0 Å². The third-order valence-electron chi connectivity index (χ3n) is 4.04. The largest absolute Gasteiger partial charge is 0.506 e. The van der Waals surface area contributed by atoms with E-state index < -0.39 is 47.1 Å². The number of hydrogen-bond donors (Lipinski definition) is 2. The molecule has 0 bridgehead atoms. The summed E-state index contributed by atoms with van der Waals surface area (Å²) in [6, 6.07) is 1.55. The quantitative estimate of drug-likeness (QED) is 0.581. The number of aliphatic hydroxyl groups excluding tert-OH is 1. The van der Waals surface area contributed by atoms with Crippen molar-refractivity contribution >= 4 is 46.6 Å². The highest BCUT2D eigenvalue weighted by molar-refractivity contribution is 6.43. The molecule has 1 atom stereocenters. The molecule has 1 aromatic carbocycles. The molecule has 0 radical (unpaired) electrons. The predicted molar refractivity (Wildman–Crippen MR) is 103 cm³/mol. The van der Waals surface area contributed by atoms with E-state index in [-0.39, 0.29) is 10.0 Å². The number of ether oxygens (including phenoxy) is 1. The van der Waals surface area contributed by atoms with Gasteiger partial charge in [-0.3, -0.25) is 14.4 Å². The second kappa shape index (κ2) is 7.52. The van der Waals surface area contributed by atoms with Crippen LogP contribution in [0.5, 0.6) is 0 Å². The van der Waals surface area contributed by atoms with Gasteiger partial charge in [-0.2, -0.15) is 0 Å². The average Bonchev–Trinajstić information content (AvgIpc) is 2.52. The molecule has 0 saturated carbocycles. The molecule has 0 saturated heterocycles. The first-order valence-corrected chi connectivity index (χ1v) is 9.07. The van der Waals surface area contributed by atoms with Crippen LogP contribution in [0.3, 0.4) is 0 Å². The molecule has 1 amide bonds. The van der Waals surface area contributed by atoms with E-state index in [0.717, 1.165) is 0 Å². The minimum absolute atomic E-state index is 0.165. The van der Waals surface area contributed by atoms with Gasteiger partial charge in [0.25, 0.3) is 5.91 Å². The summed E-state index contributed by atoms with van der Waals surface area (Å²) in [6.07, 6.45) is 0. The maximum Gasteiger partial charge on any atom is 0.325 e. The van der Waals surface area contributed by atoms with Crippen LogP contribution in [0.4, 0.5) is 0 Å². The van der Waals surface area contributed by atoms with Crippen molar-refractivity contribution < 1.29 is 24.2 Å². The average molecular weight is 414 g/mol. The van der Waals surface area contributed by atoms with Crippen molar-refractivity contribution in [2.24, 2.45) is 0 Å². The number of nitrogens with one attached hydrogen (secondary N) is 1. The zero-order valence-corrected chi connectivity index (χ0v) is 17.2. The van der Waals surface area contributed by atoms with Crippen LogP contribution < -0.4 is 5.32 Å². The first-order chi connectivity index (χ1) is 12.3. The van der Waals surface area contributed by atoms with Crippen LogP contribution in [0, 0.1) is 6.92 Å². The Kier molecular flexibility index (Phi) is 5.92. The molecule has 0 aliphatic heterocycles. The maximum atomic E-state index is 12.7. The molecule has 146 valence electrons. The van der Waals surface area contributed by atoms with Crippen molar-refractivity contribution in [3.63, 3.8) is 0 Å². The third kappa shape index (κ3) is 4.28. The van der Waals surface area contributed by atoms with Gasteiger partial charge in [0, 0.05) is 11.5 Å². The van der Waals surface area contributed by atoms with Crippen LogP contribution in [0.2, 0.25) is 10.0 Å². The van der Waals surface area contributed by atoms with E-state index >= 15 is 0 Å². The van der Waals surface area contributed by atoms with Crippen molar-refractivity contribution in [1.29, 1.82) is 0 Å². The topological polar surface area (TPSA) is 92.7 Å². The number of esters is 1. The normalized spacial score (nSPS) is 16.9. The number of fused-ring (bicyclic) bond motifs is 1. The van der Waals surface area contributed by atoms with Crippen LogP contribution in [0.15, 0.2) is 11.6 Å². The van der Waals surface area contributed by atoms with Gasteiger partial charge < -0.3 is 15.2 Å². The van der Waals surface area contributed by atoms with Crippen molar-refractivity contribution in [1.82, 2.24) is 5.32 Å². The third-order valence-corrected chi connectivity index (χ3v) is 4.84. The number of aliphatic hydroxyl groups is 1. The zero-order valence-electron chi connectivity index (χ0n) is 15.7. The van der Waals surface area contributed by atoms with Crippen molar-refractivity contribution in [2.75, 3.05) is 6.54 Å². The Morgan fingerprint density at radius 3 is 2.44 bits per heavy atom. The number of ketones is 1. The SMILES string of the molecule is Cc1cc(Cl)c(Cl)c2c1C(O)=C(C(=O)NCC(=O)OC(C)(C)C)C(=O)C2C. The molecule has 0 heterocycles. The van der Waals surface area contributed by atoms with Crippen LogP contribution in [-0.4, -0.2) is 34.9 Å². The van der Waals surface area contributed by atoms with Crippen molar-refractivity contribution in [2.45, 2.75) is 46.1 Å². The second-order valence-electron chi connectivity index (χ2n) is 7.36. The number of amides is 1. The molecule has 27 heavy (non-hydrogen) atoms. The number of halogens is 2. The lowest BCUT2D eigenvalue weighted by molar-refractivity contribution is -0.154. The van der Waals surface area contributed by atoms with Crippen LogP contribution >= 0.6 is 23.2 Å². The monoisotopic (exact) mass is 413 g/mol. The molecule has 0 spiro atoms. The fourth-order valence-corrected chi connectivity index (χ4v) is 3.50. The molecule has 1 aromatic rings. The fraction of sp³-hybridized carbons (Fsp3) is 0.421. The van der Waals surface area contributed by atoms with Gasteiger partial charge in [0.1, 0.15) is 23.5 Å². The summed E-state index contributed by atoms with van der Waals surface area (Å²) in [4.78, 5) is 37.0. The molecule has 8 heteroatoms. The summed E-state index contributed by atoms with van der Waals surface area (Å²) in [5, 5.41) is 13.4. The lowest BCUT2D eigenvalue weighted by atomic mass is 9.80. The Hall–Kier alpha value is -2.05. The molecule has 2 rings (SSSR count). The van der Waals surface area contributed by atoms with Gasteiger partial charge in [0.2, 0.25) is 0 Å². The first kappa shape index (κ1) is 21.3. The van der Waals surface area contributed by atoms with Gasteiger partial charge in [-0.1, -0.05) is 30.1 Å². The molecule has 2 N–H and O–H groups in total. The van der Waals surface area contributed by atoms with E-state index in [9.17, 15) is 19.5 Å². The lowest BCUT2D eigenvalue weighted by Crippen LogP contribution is -2.38. The summed E-state index contributed by atoms with van der Waals surface area (Å²) in [7, 11) is 0. The van der Waals surface area contributed by atoms with Gasteiger partial charge in [-0.05, 0) is 44.9 Å². The van der Waals surface area contributed by atoms with E-state index in [2.05, 4.69) is 5.32 Å². The molecule has 6 nitrogen and oxygen atoms in total. The number of rotatable bonds is 3. The molecule has 0 fully saturated rings. The Balaban J connectivity index is 2.38. The van der Waals surface area contributed by atoms with Crippen molar-refractivity contribution in [3.8, 4) is 0 Å². The van der Waals surface area contributed by atoms with Gasteiger partial charge in [-0.15, -0.1) is 0 Å². The summed E-state index contributed by atoms with van der Waals surface area (Å²) in [5.41, 5.74) is 0.144. The summed E-state index contributed by atoms with van der Waals surface area (Å²) >= 11 is 12.3. The maximum absolute atomic E-state index is 12.7. The highest BCUT2D eigenvalue weighted by Crippen LogP contribution is 2.43. The van der Waals surface area contributed by atoms with Crippen LogP contribution in [-0.2, 0) is 19.1 Å². The first-order valence-electron chi connectivity index (χ1n) is 8.31. The Bertz CT molecular complexity index is 868. The number of carbonyl (C=O) groups excluding carboxylic acids is 3. The second-order valence-corrected chi connectivity index (χ2v) is 8.14. The van der Waals surface area contributed by atoms with Gasteiger partial charge in [0.05, 0.1) is 10.0 Å². The van der Waals surface area contributed by atoms with E-state index in [1.807, 2.05) is 0 Å². The van der Waals surface area contributed by atoms with Gasteiger partial charge in [-0.25, -0.2) is 0 Å². The van der Waals surface area contributed by atoms with E-state index in [4.69, 9.17) is 27.9 Å². The number of aryl methyl sites for hydroxylation is 1. The van der Waals surface area contributed by atoms with Crippen molar-refractivity contribution in [3.05, 3.63) is 38.4 Å². The zero-order chi connectivity index (χ0) is 20.7. The Morgan fingerprint density at radius 1 is 1.30 bits per heavy atom. The number of carbonyl (C=O) groups is 3. The highest BCUT2D eigenvalue weighted by Gasteiger charge is 2.38. The van der Waals surface area contributed by atoms with E-state index in [0.29, 0.717) is 16.7 Å². The summed E-state index contributed by atoms with van der Waals surface area (Å²) in [6.45, 7) is 7.93. The Morgan fingerprint density at radius 2 is 1.89 bits per heavy atom. The van der Waals surface area contributed by atoms with Crippen LogP contribution in [0.1, 0.15) is 50.3 Å².